The number of aromatic nitrogens is 2. The van der Waals surface area contributed by atoms with E-state index in [1.54, 1.807) is 23.4 Å². The lowest BCUT2D eigenvalue weighted by atomic mass is 10.1. The highest BCUT2D eigenvalue weighted by atomic mass is 79.9. The standard InChI is InChI=1S/C20H19BrN2OS/c1-14-18(12-15-6-4-3-5-7-15)19(24)23(2)20(22-14)25-13-16-8-10-17(21)11-9-16/h3-11H,12-13H2,1-2H3. The van der Waals surface area contributed by atoms with Crippen LogP contribution in [0.3, 0.4) is 0 Å². The van der Waals surface area contributed by atoms with Crippen molar-refractivity contribution in [1.82, 2.24) is 9.55 Å². The van der Waals surface area contributed by atoms with Gasteiger partial charge >= 0.3 is 0 Å². The molecule has 0 saturated carbocycles. The summed E-state index contributed by atoms with van der Waals surface area (Å²) in [5.41, 5.74) is 3.94. The first-order valence-corrected chi connectivity index (χ1v) is 9.80. The lowest BCUT2D eigenvalue weighted by Crippen LogP contribution is -2.25. The maximum atomic E-state index is 12.8. The molecular weight excluding hydrogens is 396 g/mol. The molecule has 0 aliphatic heterocycles. The van der Waals surface area contributed by atoms with Crippen LogP contribution >= 0.6 is 27.7 Å². The van der Waals surface area contributed by atoms with Crippen molar-refractivity contribution >= 4 is 27.7 Å². The summed E-state index contributed by atoms with van der Waals surface area (Å²) >= 11 is 5.03. The van der Waals surface area contributed by atoms with Crippen molar-refractivity contribution in [3.8, 4) is 0 Å². The molecule has 0 N–H and O–H groups in total. The number of aryl methyl sites for hydroxylation is 1. The van der Waals surface area contributed by atoms with E-state index in [0.29, 0.717) is 6.42 Å². The Labute approximate surface area is 160 Å². The number of halogens is 1. The Hall–Kier alpha value is -1.85. The molecule has 3 aromatic rings. The van der Waals surface area contributed by atoms with E-state index in [0.717, 1.165) is 32.2 Å². The second kappa shape index (κ2) is 8.02. The second-order valence-corrected chi connectivity index (χ2v) is 7.76. The van der Waals surface area contributed by atoms with E-state index in [4.69, 9.17) is 0 Å². The molecule has 0 bridgehead atoms. The number of rotatable bonds is 5. The zero-order valence-electron chi connectivity index (χ0n) is 14.2. The first kappa shape index (κ1) is 18.0. The molecule has 1 aromatic heterocycles. The van der Waals surface area contributed by atoms with Gasteiger partial charge in [0.05, 0.1) is 0 Å². The van der Waals surface area contributed by atoms with Gasteiger partial charge in [0.2, 0.25) is 0 Å². The average Bonchev–Trinajstić information content (AvgIpc) is 2.63. The Kier molecular flexibility index (Phi) is 5.76. The number of nitrogens with zero attached hydrogens (tertiary/aromatic N) is 2. The van der Waals surface area contributed by atoms with Crippen LogP contribution in [-0.4, -0.2) is 9.55 Å². The Morgan fingerprint density at radius 3 is 2.40 bits per heavy atom. The summed E-state index contributed by atoms with van der Waals surface area (Å²) in [5, 5.41) is 0.752. The Balaban J connectivity index is 1.82. The van der Waals surface area contributed by atoms with Gasteiger partial charge in [-0.25, -0.2) is 4.98 Å². The molecule has 0 aliphatic rings. The topological polar surface area (TPSA) is 34.9 Å². The van der Waals surface area contributed by atoms with Crippen molar-refractivity contribution in [3.05, 3.63) is 91.8 Å². The zero-order valence-corrected chi connectivity index (χ0v) is 16.6. The van der Waals surface area contributed by atoms with Gasteiger partial charge in [0, 0.05) is 35.0 Å². The van der Waals surface area contributed by atoms with Gasteiger partial charge in [-0.05, 0) is 30.2 Å². The minimum atomic E-state index is 0.0367. The second-order valence-electron chi connectivity index (χ2n) is 5.90. The molecule has 0 unspecified atom stereocenters. The lowest BCUT2D eigenvalue weighted by molar-refractivity contribution is 0.683. The van der Waals surface area contributed by atoms with E-state index in [9.17, 15) is 4.79 Å². The summed E-state index contributed by atoms with van der Waals surface area (Å²) in [6, 6.07) is 18.2. The van der Waals surface area contributed by atoms with Crippen LogP contribution in [0.4, 0.5) is 0 Å². The fourth-order valence-electron chi connectivity index (χ4n) is 2.59. The van der Waals surface area contributed by atoms with Gasteiger partial charge in [0.25, 0.3) is 5.56 Å². The van der Waals surface area contributed by atoms with Crippen LogP contribution in [0.15, 0.2) is 69.0 Å². The largest absolute Gasteiger partial charge is 0.291 e. The molecular formula is C20H19BrN2OS. The highest BCUT2D eigenvalue weighted by Gasteiger charge is 2.13. The Morgan fingerprint density at radius 2 is 1.72 bits per heavy atom. The monoisotopic (exact) mass is 414 g/mol. The van der Waals surface area contributed by atoms with Crippen LogP contribution < -0.4 is 5.56 Å². The average molecular weight is 415 g/mol. The van der Waals surface area contributed by atoms with E-state index in [2.05, 4.69) is 33.0 Å². The first-order valence-electron chi connectivity index (χ1n) is 8.02. The number of thioether (sulfide) groups is 1. The third kappa shape index (κ3) is 4.41. The fraction of sp³-hybridized carbons (Fsp3) is 0.200. The number of benzene rings is 2. The zero-order chi connectivity index (χ0) is 17.8. The summed E-state index contributed by atoms with van der Waals surface area (Å²) in [6.45, 7) is 1.92. The summed E-state index contributed by atoms with van der Waals surface area (Å²) in [6.07, 6.45) is 0.615. The van der Waals surface area contributed by atoms with Crippen molar-refractivity contribution < 1.29 is 0 Å². The van der Waals surface area contributed by atoms with E-state index in [1.165, 1.54) is 5.56 Å². The molecule has 0 spiro atoms. The smallest absolute Gasteiger partial charge is 0.257 e. The maximum absolute atomic E-state index is 12.8. The van der Waals surface area contributed by atoms with Crippen molar-refractivity contribution in [1.29, 1.82) is 0 Å². The fourth-order valence-corrected chi connectivity index (χ4v) is 3.82. The van der Waals surface area contributed by atoms with Crippen LogP contribution in [0.1, 0.15) is 22.4 Å². The molecule has 0 saturated heterocycles. The molecule has 0 aliphatic carbocycles. The maximum Gasteiger partial charge on any atom is 0.257 e. The Morgan fingerprint density at radius 1 is 1.04 bits per heavy atom. The molecule has 0 fully saturated rings. The van der Waals surface area contributed by atoms with Crippen molar-refractivity contribution in [2.75, 3.05) is 0 Å². The van der Waals surface area contributed by atoms with Crippen LogP contribution in [-0.2, 0) is 19.2 Å². The molecule has 3 nitrogen and oxygen atoms in total. The summed E-state index contributed by atoms with van der Waals surface area (Å²) in [5.74, 6) is 0.783. The highest BCUT2D eigenvalue weighted by Crippen LogP contribution is 2.22. The van der Waals surface area contributed by atoms with Gasteiger partial charge in [-0.15, -0.1) is 0 Å². The number of hydrogen-bond acceptors (Lipinski definition) is 3. The predicted octanol–water partition coefficient (Wildman–Crippen LogP) is 4.73. The lowest BCUT2D eigenvalue weighted by Gasteiger charge is -2.12. The normalized spacial score (nSPS) is 10.8. The summed E-state index contributed by atoms with van der Waals surface area (Å²) in [7, 11) is 1.80. The molecule has 128 valence electrons. The van der Waals surface area contributed by atoms with E-state index >= 15 is 0 Å². The minimum absolute atomic E-state index is 0.0367. The minimum Gasteiger partial charge on any atom is -0.291 e. The molecule has 25 heavy (non-hydrogen) atoms. The van der Waals surface area contributed by atoms with E-state index < -0.39 is 0 Å². The van der Waals surface area contributed by atoms with Gasteiger partial charge in [0.1, 0.15) is 0 Å². The van der Waals surface area contributed by atoms with Gasteiger partial charge < -0.3 is 0 Å². The van der Waals surface area contributed by atoms with Crippen LogP contribution in [0.25, 0.3) is 0 Å². The predicted molar refractivity (Wildman–Crippen MR) is 107 cm³/mol. The van der Waals surface area contributed by atoms with Crippen LogP contribution in [0, 0.1) is 6.92 Å². The van der Waals surface area contributed by atoms with Crippen LogP contribution in [0.2, 0.25) is 0 Å². The summed E-state index contributed by atoms with van der Waals surface area (Å²) in [4.78, 5) is 17.5. The molecule has 0 radical (unpaired) electrons. The van der Waals surface area contributed by atoms with E-state index in [-0.39, 0.29) is 5.56 Å². The van der Waals surface area contributed by atoms with Gasteiger partial charge in [0.15, 0.2) is 5.16 Å². The molecule has 5 heteroatoms. The van der Waals surface area contributed by atoms with Crippen molar-refractivity contribution in [2.45, 2.75) is 24.3 Å². The Bertz CT molecular complexity index is 921. The molecule has 0 atom stereocenters. The van der Waals surface area contributed by atoms with Crippen molar-refractivity contribution in [2.24, 2.45) is 7.05 Å². The quantitative estimate of drug-likeness (QED) is 0.446. The third-order valence-electron chi connectivity index (χ3n) is 4.05. The SMILES string of the molecule is Cc1nc(SCc2ccc(Br)cc2)n(C)c(=O)c1Cc1ccccc1. The molecule has 0 amide bonds. The third-order valence-corrected chi connectivity index (χ3v) is 5.68. The van der Waals surface area contributed by atoms with Crippen LogP contribution in [0.5, 0.6) is 0 Å². The highest BCUT2D eigenvalue weighted by molar-refractivity contribution is 9.10. The van der Waals surface area contributed by atoms with Gasteiger partial charge in [-0.2, -0.15) is 0 Å². The molecule has 1 heterocycles. The molecule has 2 aromatic carbocycles. The van der Waals surface area contributed by atoms with Crippen molar-refractivity contribution in [3.63, 3.8) is 0 Å². The van der Waals surface area contributed by atoms with Gasteiger partial charge in [-0.3, -0.25) is 9.36 Å². The first-order chi connectivity index (χ1) is 12.0. The van der Waals surface area contributed by atoms with Gasteiger partial charge in [-0.1, -0.05) is 70.2 Å². The van der Waals surface area contributed by atoms with E-state index in [1.807, 2.05) is 49.4 Å². The number of hydrogen-bond donors (Lipinski definition) is 0. The molecule has 3 rings (SSSR count). The summed E-state index contributed by atoms with van der Waals surface area (Å²) < 4.78 is 2.72.